The molecule has 0 unspecified atom stereocenters. The van der Waals surface area contributed by atoms with Crippen molar-refractivity contribution in [3.05, 3.63) is 29.7 Å². The zero-order valence-electron chi connectivity index (χ0n) is 13.8. The van der Waals surface area contributed by atoms with Crippen molar-refractivity contribution in [1.29, 1.82) is 0 Å². The first-order chi connectivity index (χ1) is 11.7. The molecule has 4 heterocycles. The van der Waals surface area contributed by atoms with Crippen LogP contribution in [0.3, 0.4) is 0 Å². The van der Waals surface area contributed by atoms with E-state index in [1.54, 1.807) is 0 Å². The number of amides is 1. The van der Waals surface area contributed by atoms with Crippen LogP contribution in [0.15, 0.2) is 22.6 Å². The summed E-state index contributed by atoms with van der Waals surface area (Å²) in [6.45, 7) is 3.41. The molecule has 3 aliphatic heterocycles. The lowest BCUT2D eigenvalue weighted by atomic mass is 9.84. The van der Waals surface area contributed by atoms with Crippen LogP contribution in [-0.4, -0.2) is 41.5 Å². The van der Waals surface area contributed by atoms with E-state index >= 15 is 0 Å². The maximum Gasteiger partial charge on any atom is 0.224 e. The lowest BCUT2D eigenvalue weighted by Crippen LogP contribution is -2.57. The molecule has 2 bridgehead atoms. The molecule has 1 aromatic carbocycles. The van der Waals surface area contributed by atoms with Crippen molar-refractivity contribution in [2.24, 2.45) is 5.92 Å². The standard InChI is InChI=1S/C19H23N3O2/c23-18(20-16-11-22-7-5-13(16)6-8-22)10-12-1-4-17-15(9-12)21-19(24-17)14-2-3-14/h1,4,9,13-14,16H,2-3,5-8,10-11H2,(H,20,23)/t16-/m0/s1. The lowest BCUT2D eigenvalue weighted by Gasteiger charge is -2.44. The van der Waals surface area contributed by atoms with Gasteiger partial charge in [-0.2, -0.15) is 0 Å². The van der Waals surface area contributed by atoms with Crippen molar-refractivity contribution >= 4 is 17.0 Å². The third-order valence-corrected chi connectivity index (χ3v) is 5.76. The number of benzene rings is 1. The Labute approximate surface area is 141 Å². The summed E-state index contributed by atoms with van der Waals surface area (Å²) in [7, 11) is 0. The van der Waals surface area contributed by atoms with Gasteiger partial charge in [0.05, 0.1) is 6.42 Å². The summed E-state index contributed by atoms with van der Waals surface area (Å²) in [6.07, 6.45) is 5.23. The summed E-state index contributed by atoms with van der Waals surface area (Å²) in [4.78, 5) is 19.5. The van der Waals surface area contributed by atoms with Crippen molar-refractivity contribution in [3.63, 3.8) is 0 Å². The normalized spacial score (nSPS) is 29.1. The van der Waals surface area contributed by atoms with Gasteiger partial charge < -0.3 is 14.6 Å². The maximum atomic E-state index is 12.4. The second-order valence-electron chi connectivity index (χ2n) is 7.62. The Morgan fingerprint density at radius 2 is 2.08 bits per heavy atom. The average molecular weight is 325 g/mol. The van der Waals surface area contributed by atoms with E-state index in [1.165, 1.54) is 38.8 Å². The molecule has 6 rings (SSSR count). The van der Waals surface area contributed by atoms with Crippen LogP contribution in [0.25, 0.3) is 11.1 Å². The van der Waals surface area contributed by atoms with E-state index in [4.69, 9.17) is 4.42 Å². The molecule has 2 aromatic rings. The minimum atomic E-state index is 0.124. The largest absolute Gasteiger partial charge is 0.440 e. The Balaban J connectivity index is 1.26. The number of piperidine rings is 3. The van der Waals surface area contributed by atoms with Gasteiger partial charge >= 0.3 is 0 Å². The molecule has 1 saturated carbocycles. The fraction of sp³-hybridized carbons (Fsp3) is 0.579. The van der Waals surface area contributed by atoms with Gasteiger partial charge in [0, 0.05) is 18.5 Å². The van der Waals surface area contributed by atoms with Crippen molar-refractivity contribution in [2.45, 2.75) is 44.1 Å². The van der Waals surface area contributed by atoms with Gasteiger partial charge in [-0.25, -0.2) is 4.98 Å². The third-order valence-electron chi connectivity index (χ3n) is 5.76. The Bertz CT molecular complexity index is 772. The third kappa shape index (κ3) is 2.71. The number of fused-ring (bicyclic) bond motifs is 4. The summed E-state index contributed by atoms with van der Waals surface area (Å²) in [5.41, 5.74) is 2.72. The highest BCUT2D eigenvalue weighted by atomic mass is 16.3. The Kier molecular flexibility index (Phi) is 3.37. The van der Waals surface area contributed by atoms with Crippen molar-refractivity contribution in [3.8, 4) is 0 Å². The zero-order valence-corrected chi connectivity index (χ0v) is 13.8. The van der Waals surface area contributed by atoms with E-state index < -0.39 is 0 Å². The molecule has 3 saturated heterocycles. The van der Waals surface area contributed by atoms with Gasteiger partial charge in [-0.15, -0.1) is 0 Å². The number of hydrogen-bond acceptors (Lipinski definition) is 4. The summed E-state index contributed by atoms with van der Waals surface area (Å²) in [6, 6.07) is 6.27. The molecule has 1 atom stereocenters. The number of rotatable bonds is 4. The minimum Gasteiger partial charge on any atom is -0.440 e. The summed E-state index contributed by atoms with van der Waals surface area (Å²) >= 11 is 0. The zero-order chi connectivity index (χ0) is 16.1. The molecule has 1 aliphatic carbocycles. The van der Waals surface area contributed by atoms with E-state index in [2.05, 4.69) is 15.2 Å². The average Bonchev–Trinajstić information content (AvgIpc) is 3.35. The van der Waals surface area contributed by atoms with E-state index in [1.807, 2.05) is 18.2 Å². The summed E-state index contributed by atoms with van der Waals surface area (Å²) in [5, 5.41) is 3.26. The van der Waals surface area contributed by atoms with Crippen molar-refractivity contribution < 1.29 is 9.21 Å². The minimum absolute atomic E-state index is 0.124. The van der Waals surface area contributed by atoms with Crippen molar-refractivity contribution in [1.82, 2.24) is 15.2 Å². The molecule has 1 N–H and O–H groups in total. The van der Waals surface area contributed by atoms with Gasteiger partial charge in [-0.3, -0.25) is 4.79 Å². The van der Waals surface area contributed by atoms with Crippen LogP contribution in [0.5, 0.6) is 0 Å². The van der Waals surface area contributed by atoms with Crippen LogP contribution in [-0.2, 0) is 11.2 Å². The highest BCUT2D eigenvalue weighted by Gasteiger charge is 2.34. The number of aromatic nitrogens is 1. The Morgan fingerprint density at radius 3 is 2.79 bits per heavy atom. The quantitative estimate of drug-likeness (QED) is 0.938. The first kappa shape index (κ1) is 14.5. The van der Waals surface area contributed by atoms with Crippen LogP contribution < -0.4 is 5.32 Å². The first-order valence-electron chi connectivity index (χ1n) is 9.16. The van der Waals surface area contributed by atoms with Gasteiger partial charge in [-0.1, -0.05) is 6.07 Å². The Morgan fingerprint density at radius 1 is 1.25 bits per heavy atom. The van der Waals surface area contributed by atoms with Gasteiger partial charge in [-0.05, 0) is 62.4 Å². The smallest absolute Gasteiger partial charge is 0.224 e. The van der Waals surface area contributed by atoms with E-state index in [9.17, 15) is 4.79 Å². The monoisotopic (exact) mass is 325 g/mol. The maximum absolute atomic E-state index is 12.4. The molecule has 5 nitrogen and oxygen atoms in total. The molecule has 126 valence electrons. The molecule has 1 aromatic heterocycles. The van der Waals surface area contributed by atoms with Gasteiger partial charge in [0.15, 0.2) is 11.5 Å². The van der Waals surface area contributed by atoms with E-state index in [-0.39, 0.29) is 5.91 Å². The molecule has 4 fully saturated rings. The number of nitrogens with zero attached hydrogens (tertiary/aromatic N) is 2. The molecule has 1 amide bonds. The summed E-state index contributed by atoms with van der Waals surface area (Å²) in [5.74, 6) is 2.16. The van der Waals surface area contributed by atoms with E-state index in [0.717, 1.165) is 29.1 Å². The first-order valence-corrected chi connectivity index (χ1v) is 9.16. The van der Waals surface area contributed by atoms with Crippen LogP contribution in [0.4, 0.5) is 0 Å². The van der Waals surface area contributed by atoms with Gasteiger partial charge in [0.1, 0.15) is 5.52 Å². The van der Waals surface area contributed by atoms with Crippen LogP contribution >= 0.6 is 0 Å². The molecule has 0 radical (unpaired) electrons. The molecule has 0 spiro atoms. The second-order valence-corrected chi connectivity index (χ2v) is 7.62. The molecule has 5 heteroatoms. The van der Waals surface area contributed by atoms with Crippen molar-refractivity contribution in [2.75, 3.05) is 19.6 Å². The SMILES string of the molecule is O=C(Cc1ccc2oc(C3CC3)nc2c1)N[C@H]1CN2CCC1CC2. The number of carbonyl (C=O) groups excluding carboxylic acids is 1. The fourth-order valence-electron chi connectivity index (χ4n) is 4.18. The predicted octanol–water partition coefficient (Wildman–Crippen LogP) is 2.46. The highest BCUT2D eigenvalue weighted by Crippen LogP contribution is 2.40. The molecule has 4 aliphatic rings. The molecular formula is C19H23N3O2. The summed E-state index contributed by atoms with van der Waals surface area (Å²) < 4.78 is 5.79. The molecule has 24 heavy (non-hydrogen) atoms. The van der Waals surface area contributed by atoms with E-state index in [0.29, 0.717) is 24.3 Å². The highest BCUT2D eigenvalue weighted by molar-refractivity contribution is 5.81. The predicted molar refractivity (Wildman–Crippen MR) is 90.8 cm³/mol. The number of hydrogen-bond donors (Lipinski definition) is 1. The van der Waals surface area contributed by atoms with Crippen LogP contribution in [0, 0.1) is 5.92 Å². The van der Waals surface area contributed by atoms with Gasteiger partial charge in [0.25, 0.3) is 0 Å². The topological polar surface area (TPSA) is 58.4 Å². The lowest BCUT2D eigenvalue weighted by molar-refractivity contribution is -0.122. The molecular weight excluding hydrogens is 302 g/mol. The van der Waals surface area contributed by atoms with Crippen LogP contribution in [0.2, 0.25) is 0 Å². The number of carbonyl (C=O) groups is 1. The number of nitrogens with one attached hydrogen (secondary N) is 1. The van der Waals surface area contributed by atoms with Gasteiger partial charge in [0.2, 0.25) is 5.91 Å². The number of oxazole rings is 1. The van der Waals surface area contributed by atoms with Crippen LogP contribution in [0.1, 0.15) is 43.1 Å². The Hall–Kier alpha value is -1.88. The second kappa shape index (κ2) is 5.59. The fourth-order valence-corrected chi connectivity index (χ4v) is 4.18.